The van der Waals surface area contributed by atoms with Crippen molar-refractivity contribution in [1.82, 2.24) is 14.9 Å². The molecule has 3 N–H and O–H groups in total. The Kier molecular flexibility index (Phi) is 6.68. The van der Waals surface area contributed by atoms with Gasteiger partial charge in [-0.05, 0) is 51.4 Å². The number of hydrogen-bond donors (Lipinski definition) is 3. The van der Waals surface area contributed by atoms with Gasteiger partial charge in [-0.2, -0.15) is 10.2 Å². The molecule has 2 atom stereocenters. The van der Waals surface area contributed by atoms with Crippen molar-refractivity contribution in [2.24, 2.45) is 5.92 Å². The van der Waals surface area contributed by atoms with Crippen molar-refractivity contribution >= 4 is 17.7 Å². The number of nitriles is 1. The number of rotatable bonds is 5. The Bertz CT molecular complexity index is 724. The summed E-state index contributed by atoms with van der Waals surface area (Å²) in [6, 6.07) is 2.48. The van der Waals surface area contributed by atoms with Crippen molar-refractivity contribution in [3.05, 3.63) is 11.8 Å². The SMILES string of the molecule is CN(C)C(=O)[C@H]1CC[C@H](Nc2ncc(C#N)c(N[C@@H]3CCC[C@H](O)C3)n2)CC1. The average molecular weight is 387 g/mol. The molecule has 0 spiro atoms. The number of aliphatic hydroxyl groups is 1. The van der Waals surface area contributed by atoms with E-state index < -0.39 is 0 Å². The van der Waals surface area contributed by atoms with Crippen LogP contribution in [0.4, 0.5) is 11.8 Å². The number of carbonyl (C=O) groups excluding carboxylic acids is 1. The molecule has 2 aliphatic carbocycles. The fourth-order valence-electron chi connectivity index (χ4n) is 4.16. The normalized spacial score (nSPS) is 27.5. The van der Waals surface area contributed by atoms with E-state index in [9.17, 15) is 15.2 Å². The molecule has 1 heterocycles. The van der Waals surface area contributed by atoms with Gasteiger partial charge in [-0.25, -0.2) is 4.98 Å². The molecule has 0 bridgehead atoms. The third-order valence-electron chi connectivity index (χ3n) is 5.75. The molecule has 0 saturated heterocycles. The number of aliphatic hydroxyl groups excluding tert-OH is 1. The summed E-state index contributed by atoms with van der Waals surface area (Å²) in [7, 11) is 3.61. The first-order valence-corrected chi connectivity index (χ1v) is 10.2. The standard InChI is InChI=1S/C20H30N6O2/c1-26(2)19(28)13-6-8-15(9-7-13)24-20-22-12-14(11-21)18(25-20)23-16-4-3-5-17(27)10-16/h12-13,15-17,27H,3-10H2,1-2H3,(H2,22,23,24,25)/t13-,15-,16-,17+/m1/s1. The Morgan fingerprint density at radius 2 is 1.93 bits per heavy atom. The van der Waals surface area contributed by atoms with Gasteiger partial charge in [0.2, 0.25) is 11.9 Å². The molecule has 0 aliphatic heterocycles. The second-order valence-corrected chi connectivity index (χ2v) is 8.15. The lowest BCUT2D eigenvalue weighted by Gasteiger charge is -2.30. The molecule has 3 rings (SSSR count). The lowest BCUT2D eigenvalue weighted by atomic mass is 9.85. The van der Waals surface area contributed by atoms with E-state index in [0.717, 1.165) is 44.9 Å². The van der Waals surface area contributed by atoms with E-state index in [-0.39, 0.29) is 30.0 Å². The summed E-state index contributed by atoms with van der Waals surface area (Å²) in [5.41, 5.74) is 0.408. The van der Waals surface area contributed by atoms with Gasteiger partial charge in [-0.3, -0.25) is 4.79 Å². The van der Waals surface area contributed by atoms with Gasteiger partial charge in [0, 0.05) is 32.1 Å². The molecule has 2 aliphatic rings. The van der Waals surface area contributed by atoms with E-state index in [2.05, 4.69) is 26.7 Å². The first-order valence-electron chi connectivity index (χ1n) is 10.2. The summed E-state index contributed by atoms with van der Waals surface area (Å²) in [6.07, 6.45) is 8.17. The minimum absolute atomic E-state index is 0.102. The molecule has 8 nitrogen and oxygen atoms in total. The molecular formula is C20H30N6O2. The predicted octanol–water partition coefficient (Wildman–Crippen LogP) is 2.12. The van der Waals surface area contributed by atoms with E-state index in [0.29, 0.717) is 23.8 Å². The first-order chi connectivity index (χ1) is 13.5. The third-order valence-corrected chi connectivity index (χ3v) is 5.75. The van der Waals surface area contributed by atoms with E-state index in [4.69, 9.17) is 0 Å². The number of carbonyl (C=O) groups is 1. The highest BCUT2D eigenvalue weighted by Crippen LogP contribution is 2.28. The van der Waals surface area contributed by atoms with Gasteiger partial charge in [-0.1, -0.05) is 0 Å². The molecule has 0 aromatic carbocycles. The van der Waals surface area contributed by atoms with Crippen LogP contribution in [0.3, 0.4) is 0 Å². The Balaban J connectivity index is 1.60. The number of amides is 1. The van der Waals surface area contributed by atoms with E-state index in [1.54, 1.807) is 19.0 Å². The van der Waals surface area contributed by atoms with Gasteiger partial charge in [0.05, 0.1) is 12.3 Å². The highest BCUT2D eigenvalue weighted by Gasteiger charge is 2.28. The molecule has 2 saturated carbocycles. The molecule has 1 aromatic rings. The van der Waals surface area contributed by atoms with E-state index >= 15 is 0 Å². The second kappa shape index (κ2) is 9.20. The van der Waals surface area contributed by atoms with E-state index in [1.807, 2.05) is 0 Å². The van der Waals surface area contributed by atoms with Gasteiger partial charge >= 0.3 is 0 Å². The fourth-order valence-corrected chi connectivity index (χ4v) is 4.16. The van der Waals surface area contributed by atoms with Gasteiger partial charge in [0.15, 0.2) is 0 Å². The fraction of sp³-hybridized carbons (Fsp3) is 0.700. The highest BCUT2D eigenvalue weighted by molar-refractivity contribution is 5.78. The Hall–Kier alpha value is -2.40. The Morgan fingerprint density at radius 3 is 2.57 bits per heavy atom. The molecule has 28 heavy (non-hydrogen) atoms. The van der Waals surface area contributed by atoms with Crippen LogP contribution < -0.4 is 10.6 Å². The van der Waals surface area contributed by atoms with Crippen LogP contribution >= 0.6 is 0 Å². The predicted molar refractivity (Wildman–Crippen MR) is 107 cm³/mol. The monoisotopic (exact) mass is 386 g/mol. The zero-order valence-electron chi connectivity index (χ0n) is 16.7. The summed E-state index contributed by atoms with van der Waals surface area (Å²) >= 11 is 0. The molecule has 8 heteroatoms. The zero-order chi connectivity index (χ0) is 20.1. The van der Waals surface area contributed by atoms with Crippen molar-refractivity contribution in [3.63, 3.8) is 0 Å². The largest absolute Gasteiger partial charge is 0.393 e. The van der Waals surface area contributed by atoms with Crippen LogP contribution in [0.2, 0.25) is 0 Å². The van der Waals surface area contributed by atoms with Gasteiger partial charge in [0.25, 0.3) is 0 Å². The summed E-state index contributed by atoms with van der Waals surface area (Å²) in [5.74, 6) is 1.33. The van der Waals surface area contributed by atoms with Crippen LogP contribution in [0.15, 0.2) is 6.20 Å². The maximum absolute atomic E-state index is 12.1. The van der Waals surface area contributed by atoms with Crippen LogP contribution in [0, 0.1) is 17.2 Å². The Morgan fingerprint density at radius 1 is 1.18 bits per heavy atom. The smallest absolute Gasteiger partial charge is 0.225 e. The van der Waals surface area contributed by atoms with E-state index in [1.165, 1.54) is 6.20 Å². The number of nitrogens with zero attached hydrogens (tertiary/aromatic N) is 4. The maximum Gasteiger partial charge on any atom is 0.225 e. The molecule has 152 valence electrons. The summed E-state index contributed by atoms with van der Waals surface area (Å²) in [4.78, 5) is 22.6. The van der Waals surface area contributed by atoms with Crippen molar-refractivity contribution in [3.8, 4) is 6.07 Å². The minimum atomic E-state index is -0.295. The van der Waals surface area contributed by atoms with Crippen LogP contribution in [0.5, 0.6) is 0 Å². The lowest BCUT2D eigenvalue weighted by molar-refractivity contribution is -0.133. The number of nitrogens with one attached hydrogen (secondary N) is 2. The third kappa shape index (κ3) is 5.10. The summed E-state index contributed by atoms with van der Waals surface area (Å²) in [5, 5.41) is 25.9. The molecule has 1 aromatic heterocycles. The molecule has 2 fully saturated rings. The summed E-state index contributed by atoms with van der Waals surface area (Å²) < 4.78 is 0. The van der Waals surface area contributed by atoms with Crippen LogP contribution in [0.1, 0.15) is 56.9 Å². The Labute approximate surface area is 166 Å². The van der Waals surface area contributed by atoms with Crippen LogP contribution in [0.25, 0.3) is 0 Å². The quantitative estimate of drug-likeness (QED) is 0.710. The van der Waals surface area contributed by atoms with Crippen molar-refractivity contribution in [1.29, 1.82) is 5.26 Å². The van der Waals surface area contributed by atoms with Crippen molar-refractivity contribution in [2.45, 2.75) is 69.6 Å². The van der Waals surface area contributed by atoms with Gasteiger partial charge in [0.1, 0.15) is 17.5 Å². The van der Waals surface area contributed by atoms with Crippen LogP contribution in [-0.4, -0.2) is 58.2 Å². The van der Waals surface area contributed by atoms with Crippen molar-refractivity contribution in [2.75, 3.05) is 24.7 Å². The highest BCUT2D eigenvalue weighted by atomic mass is 16.3. The summed E-state index contributed by atoms with van der Waals surface area (Å²) in [6.45, 7) is 0. The second-order valence-electron chi connectivity index (χ2n) is 8.15. The molecule has 0 unspecified atom stereocenters. The van der Waals surface area contributed by atoms with Gasteiger partial charge in [-0.15, -0.1) is 0 Å². The topological polar surface area (TPSA) is 114 Å². The minimum Gasteiger partial charge on any atom is -0.393 e. The zero-order valence-corrected chi connectivity index (χ0v) is 16.7. The maximum atomic E-state index is 12.1. The molecule has 1 amide bonds. The molecule has 0 radical (unpaired) electrons. The molecular weight excluding hydrogens is 356 g/mol. The first kappa shape index (κ1) is 20.3. The lowest BCUT2D eigenvalue weighted by Crippen LogP contribution is -2.35. The number of aromatic nitrogens is 2. The number of anilines is 2. The number of hydrogen-bond acceptors (Lipinski definition) is 7. The van der Waals surface area contributed by atoms with Crippen LogP contribution in [-0.2, 0) is 4.79 Å². The van der Waals surface area contributed by atoms with Crippen molar-refractivity contribution < 1.29 is 9.90 Å². The van der Waals surface area contributed by atoms with Gasteiger partial charge < -0.3 is 20.6 Å². The average Bonchev–Trinajstić information content (AvgIpc) is 2.68.